The van der Waals surface area contributed by atoms with Crippen molar-refractivity contribution in [1.29, 1.82) is 0 Å². The van der Waals surface area contributed by atoms with Gasteiger partial charge in [-0.05, 0) is 48.9 Å². The van der Waals surface area contributed by atoms with Gasteiger partial charge in [0.05, 0.1) is 12.6 Å². The second-order valence-electron chi connectivity index (χ2n) is 7.93. The first-order chi connectivity index (χ1) is 15.2. The molecule has 7 heteroatoms. The Bertz CT molecular complexity index is 854. The van der Waals surface area contributed by atoms with E-state index in [1.807, 2.05) is 30.3 Å². The summed E-state index contributed by atoms with van der Waals surface area (Å²) in [5.74, 6) is 1.09. The number of carbonyl (C=O) groups is 1. The van der Waals surface area contributed by atoms with Gasteiger partial charge in [0.25, 0.3) is 5.91 Å². The number of ether oxygens (including phenoxy) is 1. The topological polar surface area (TPSA) is 74.8 Å². The average molecular weight is 550 g/mol. The highest BCUT2D eigenvalue weighted by atomic mass is 127. The fourth-order valence-corrected chi connectivity index (χ4v) is 3.59. The van der Waals surface area contributed by atoms with Crippen LogP contribution < -0.4 is 16.0 Å². The van der Waals surface area contributed by atoms with Gasteiger partial charge in [-0.2, -0.15) is 0 Å². The van der Waals surface area contributed by atoms with Crippen molar-refractivity contribution < 1.29 is 9.53 Å². The Labute approximate surface area is 208 Å². The van der Waals surface area contributed by atoms with Crippen molar-refractivity contribution in [2.45, 2.75) is 45.3 Å². The molecule has 2 aromatic rings. The smallest absolute Gasteiger partial charge is 0.251 e. The lowest BCUT2D eigenvalue weighted by atomic mass is 10.0. The minimum atomic E-state index is -0.0666. The molecule has 2 atom stereocenters. The monoisotopic (exact) mass is 550 g/mol. The van der Waals surface area contributed by atoms with Gasteiger partial charge in [-0.15, -0.1) is 24.0 Å². The third kappa shape index (κ3) is 8.43. The Morgan fingerprint density at radius 2 is 1.94 bits per heavy atom. The van der Waals surface area contributed by atoms with Gasteiger partial charge in [0.15, 0.2) is 5.96 Å². The molecule has 2 aromatic carbocycles. The summed E-state index contributed by atoms with van der Waals surface area (Å²) in [4.78, 5) is 17.2. The Hall–Kier alpha value is -2.13. The summed E-state index contributed by atoms with van der Waals surface area (Å²) in [5, 5.41) is 9.70. The Morgan fingerprint density at radius 1 is 1.12 bits per heavy atom. The molecule has 6 nitrogen and oxygen atoms in total. The fraction of sp³-hybridized carbons (Fsp3) is 0.440. The van der Waals surface area contributed by atoms with Crippen LogP contribution in [-0.4, -0.2) is 44.2 Å². The van der Waals surface area contributed by atoms with E-state index in [1.165, 1.54) is 5.56 Å². The third-order valence-electron chi connectivity index (χ3n) is 5.41. The maximum Gasteiger partial charge on any atom is 0.251 e. The van der Waals surface area contributed by atoms with Crippen LogP contribution in [0.3, 0.4) is 0 Å². The summed E-state index contributed by atoms with van der Waals surface area (Å²) < 4.78 is 5.57. The average Bonchev–Trinajstić information content (AvgIpc) is 3.33. The van der Waals surface area contributed by atoms with Gasteiger partial charge in [-0.25, -0.2) is 4.99 Å². The van der Waals surface area contributed by atoms with E-state index in [4.69, 9.17) is 9.73 Å². The number of hydrogen-bond acceptors (Lipinski definition) is 3. The zero-order valence-corrected chi connectivity index (χ0v) is 21.3. The van der Waals surface area contributed by atoms with Crippen molar-refractivity contribution in [2.24, 2.45) is 4.99 Å². The molecule has 1 aliphatic heterocycles. The highest BCUT2D eigenvalue weighted by molar-refractivity contribution is 14.0. The first-order valence-electron chi connectivity index (χ1n) is 11.2. The first-order valence-corrected chi connectivity index (χ1v) is 11.2. The van der Waals surface area contributed by atoms with E-state index in [-0.39, 0.29) is 36.0 Å². The van der Waals surface area contributed by atoms with E-state index in [0.29, 0.717) is 24.6 Å². The lowest BCUT2D eigenvalue weighted by Crippen LogP contribution is -2.39. The van der Waals surface area contributed by atoms with Gasteiger partial charge in [0.2, 0.25) is 0 Å². The standard InChI is InChI=1S/C25H34N4O2.HI/c1-3-26-25(28-16-19(2)21-10-5-4-6-11-21)29-17-20-9-7-12-22(15-20)24(30)27-18-23-13-8-14-31-23;/h4-7,9-12,15,19,23H,3,8,13-14,16-18H2,1-2H3,(H,27,30)(H2,26,28,29);1H. The first kappa shape index (κ1) is 26.1. The van der Waals surface area contributed by atoms with E-state index in [0.717, 1.165) is 44.1 Å². The van der Waals surface area contributed by atoms with Gasteiger partial charge < -0.3 is 20.7 Å². The number of nitrogens with one attached hydrogen (secondary N) is 3. The van der Waals surface area contributed by atoms with Crippen LogP contribution in [0.15, 0.2) is 59.6 Å². The van der Waals surface area contributed by atoms with Crippen LogP contribution in [0.4, 0.5) is 0 Å². The zero-order chi connectivity index (χ0) is 21.9. The van der Waals surface area contributed by atoms with E-state index in [9.17, 15) is 4.79 Å². The van der Waals surface area contributed by atoms with Crippen LogP contribution in [-0.2, 0) is 11.3 Å². The Balaban J connectivity index is 0.00000363. The summed E-state index contributed by atoms with van der Waals surface area (Å²) in [6, 6.07) is 18.1. The Morgan fingerprint density at radius 3 is 2.66 bits per heavy atom. The summed E-state index contributed by atoms with van der Waals surface area (Å²) in [5.41, 5.74) is 2.95. The van der Waals surface area contributed by atoms with Crippen LogP contribution in [0.2, 0.25) is 0 Å². The van der Waals surface area contributed by atoms with Crippen molar-refractivity contribution in [3.63, 3.8) is 0 Å². The Kier molecular flexibility index (Phi) is 11.5. The van der Waals surface area contributed by atoms with Gasteiger partial charge in [0.1, 0.15) is 0 Å². The van der Waals surface area contributed by atoms with Crippen LogP contribution in [0.25, 0.3) is 0 Å². The molecular weight excluding hydrogens is 515 g/mol. The lowest BCUT2D eigenvalue weighted by molar-refractivity contribution is 0.0857. The summed E-state index contributed by atoms with van der Waals surface area (Å²) >= 11 is 0. The van der Waals surface area contributed by atoms with E-state index in [2.05, 4.69) is 54.1 Å². The van der Waals surface area contributed by atoms with Crippen LogP contribution in [0, 0.1) is 0 Å². The van der Waals surface area contributed by atoms with Crippen LogP contribution in [0.1, 0.15) is 54.1 Å². The number of benzene rings is 2. The predicted octanol–water partition coefficient (Wildman–Crippen LogP) is 4.07. The van der Waals surface area contributed by atoms with E-state index >= 15 is 0 Å². The van der Waals surface area contributed by atoms with Crippen molar-refractivity contribution >= 4 is 35.8 Å². The van der Waals surface area contributed by atoms with E-state index in [1.54, 1.807) is 0 Å². The maximum absolute atomic E-state index is 12.5. The van der Waals surface area contributed by atoms with Crippen LogP contribution in [0.5, 0.6) is 0 Å². The number of halogens is 1. The minimum Gasteiger partial charge on any atom is -0.376 e. The number of aliphatic imine (C=N–C) groups is 1. The molecule has 2 unspecified atom stereocenters. The number of guanidine groups is 1. The molecule has 1 heterocycles. The van der Waals surface area contributed by atoms with Gasteiger partial charge in [-0.1, -0.05) is 49.4 Å². The molecule has 0 aliphatic carbocycles. The zero-order valence-electron chi connectivity index (χ0n) is 19.0. The van der Waals surface area contributed by atoms with Crippen molar-refractivity contribution in [3.8, 4) is 0 Å². The molecule has 0 bridgehead atoms. The SMILES string of the molecule is CCNC(=NCc1cccc(C(=O)NCC2CCCO2)c1)NCC(C)c1ccccc1.I. The van der Waals surface area contributed by atoms with Crippen molar-refractivity contribution in [1.82, 2.24) is 16.0 Å². The van der Waals surface area contributed by atoms with Gasteiger partial charge >= 0.3 is 0 Å². The molecule has 0 spiro atoms. The number of carbonyl (C=O) groups excluding carboxylic acids is 1. The molecule has 174 valence electrons. The molecule has 0 radical (unpaired) electrons. The fourth-order valence-electron chi connectivity index (χ4n) is 3.59. The minimum absolute atomic E-state index is 0. The summed E-state index contributed by atoms with van der Waals surface area (Å²) in [6.45, 7) is 7.69. The molecule has 32 heavy (non-hydrogen) atoms. The maximum atomic E-state index is 12.5. The summed E-state index contributed by atoms with van der Waals surface area (Å²) in [6.07, 6.45) is 2.22. The molecule has 0 saturated carbocycles. The third-order valence-corrected chi connectivity index (χ3v) is 5.41. The van der Waals surface area contributed by atoms with Gasteiger partial charge in [-0.3, -0.25) is 4.79 Å². The van der Waals surface area contributed by atoms with Crippen molar-refractivity contribution in [3.05, 3.63) is 71.3 Å². The molecule has 0 aromatic heterocycles. The molecule has 1 amide bonds. The van der Waals surface area contributed by atoms with Crippen molar-refractivity contribution in [2.75, 3.05) is 26.2 Å². The van der Waals surface area contributed by atoms with Crippen LogP contribution >= 0.6 is 24.0 Å². The molecule has 1 aliphatic rings. The summed E-state index contributed by atoms with van der Waals surface area (Å²) in [7, 11) is 0. The second kappa shape index (κ2) is 14.1. The largest absolute Gasteiger partial charge is 0.376 e. The normalized spacial score (nSPS) is 16.7. The quantitative estimate of drug-likeness (QED) is 0.250. The number of amides is 1. The number of rotatable bonds is 9. The molecule has 3 N–H and O–H groups in total. The molecule has 1 saturated heterocycles. The lowest BCUT2D eigenvalue weighted by Gasteiger charge is -2.16. The van der Waals surface area contributed by atoms with E-state index < -0.39 is 0 Å². The van der Waals surface area contributed by atoms with Gasteiger partial charge in [0, 0.05) is 31.8 Å². The highest BCUT2D eigenvalue weighted by Crippen LogP contribution is 2.13. The second-order valence-corrected chi connectivity index (χ2v) is 7.93. The number of hydrogen-bond donors (Lipinski definition) is 3. The predicted molar refractivity (Wildman–Crippen MR) is 141 cm³/mol. The molecular formula is C25H35IN4O2. The molecule has 1 fully saturated rings. The molecule has 3 rings (SSSR count). The highest BCUT2D eigenvalue weighted by Gasteiger charge is 2.16. The number of nitrogens with zero attached hydrogens (tertiary/aromatic N) is 1.